The van der Waals surface area contributed by atoms with Crippen LogP contribution in [0.25, 0.3) is 0 Å². The molecule has 2 unspecified atom stereocenters. The van der Waals surface area contributed by atoms with Gasteiger partial charge in [0.2, 0.25) is 0 Å². The fourth-order valence-corrected chi connectivity index (χ4v) is 20.1. The molecular formula is C40H58BF4N2O4P4Rh+3. The molecule has 0 spiro atoms. The molecule has 1 radical (unpaired) electrons. The third kappa shape index (κ3) is 15.1. The Balaban J connectivity index is 0.000000264. The zero-order valence-corrected chi connectivity index (χ0v) is 39.1. The Morgan fingerprint density at radius 3 is 0.964 bits per heavy atom. The van der Waals surface area contributed by atoms with E-state index in [0.717, 1.165) is 0 Å². The van der Waals surface area contributed by atoms with Crippen molar-refractivity contribution in [2.24, 2.45) is 0 Å². The number of nitrogens with zero attached hydrogens (tertiary/aromatic N) is 2. The third-order valence-corrected chi connectivity index (χ3v) is 20.9. The van der Waals surface area contributed by atoms with Crippen LogP contribution in [0, 0.1) is 0 Å². The van der Waals surface area contributed by atoms with E-state index < -0.39 is 40.5 Å². The first-order chi connectivity index (χ1) is 26.0. The van der Waals surface area contributed by atoms with Gasteiger partial charge in [-0.3, -0.25) is 0 Å². The van der Waals surface area contributed by atoms with Gasteiger partial charge in [-0.05, 0) is 99.7 Å². The van der Waals surface area contributed by atoms with Crippen LogP contribution in [0.2, 0.25) is 0 Å². The van der Waals surface area contributed by atoms with Gasteiger partial charge in [0.25, 0.3) is 0 Å². The van der Waals surface area contributed by atoms with Crippen molar-refractivity contribution in [3.63, 3.8) is 0 Å². The molecule has 6 rings (SSSR count). The molecule has 0 saturated carbocycles. The van der Waals surface area contributed by atoms with Crippen molar-refractivity contribution in [3.8, 4) is 0 Å². The van der Waals surface area contributed by atoms with E-state index in [4.69, 9.17) is 18.1 Å². The smallest absolute Gasteiger partial charge is 0.418 e. The fraction of sp³-hybridized carbons (Fsp3) is 0.400. The zero-order valence-electron chi connectivity index (χ0n) is 33.5. The summed E-state index contributed by atoms with van der Waals surface area (Å²) in [7, 11) is -11.0. The topological polar surface area (TPSA) is 43.4 Å². The number of hydrogen-bond donors (Lipinski definition) is 0. The molecule has 2 heterocycles. The van der Waals surface area contributed by atoms with Crippen molar-refractivity contribution in [1.82, 2.24) is 8.88 Å². The van der Waals surface area contributed by atoms with Gasteiger partial charge in [0.15, 0.2) is 16.1 Å². The van der Waals surface area contributed by atoms with E-state index in [1.165, 1.54) is 21.7 Å². The normalized spacial score (nSPS) is 17.5. The summed E-state index contributed by atoms with van der Waals surface area (Å²) in [5, 5.41) is 3.14. The Bertz CT molecular complexity index is 1550. The zero-order chi connectivity index (χ0) is 40.2. The number of halogens is 4. The molecule has 0 N–H and O–H groups in total. The Kier molecular flexibility index (Phi) is 20.1. The van der Waals surface area contributed by atoms with E-state index in [1.54, 1.807) is 0 Å². The SMILES string of the molecule is C[C@@H](c1ccccc1)N([PH+]1OCCO1)[PH+](c1ccccc1)C(C)(C)C.C[C@@H](c1ccccc1)N([PH+]1OCCO1)[PH+](c1ccccc1)C(C)(C)C.F[B-](F)(F)F.[Rh]. The van der Waals surface area contributed by atoms with Gasteiger partial charge in [-0.15, -0.1) is 0 Å². The van der Waals surface area contributed by atoms with E-state index in [0.29, 0.717) is 26.4 Å². The molecule has 4 aromatic carbocycles. The Hall–Kier alpha value is -1.23. The first-order valence-corrected chi connectivity index (χ1v) is 24.1. The predicted molar refractivity (Wildman–Crippen MR) is 232 cm³/mol. The van der Waals surface area contributed by atoms with E-state index in [1.807, 2.05) is 0 Å². The number of hydrogen-bond acceptors (Lipinski definition) is 6. The van der Waals surface area contributed by atoms with Gasteiger partial charge in [0.05, 0.1) is 10.3 Å². The average molecular weight is 945 g/mol. The molecular weight excluding hydrogens is 886 g/mol. The van der Waals surface area contributed by atoms with Gasteiger partial charge in [-0.1, -0.05) is 97.1 Å². The number of rotatable bonds is 10. The molecule has 4 aromatic rings. The molecule has 2 fully saturated rings. The molecule has 0 amide bonds. The quantitative estimate of drug-likeness (QED) is 0.0897. The molecule has 2 aliphatic heterocycles. The summed E-state index contributed by atoms with van der Waals surface area (Å²) in [5.74, 6) is 0. The summed E-state index contributed by atoms with van der Waals surface area (Å²) in [4.78, 5) is 0. The van der Waals surface area contributed by atoms with E-state index in [-0.39, 0.29) is 41.9 Å². The van der Waals surface area contributed by atoms with Crippen molar-refractivity contribution in [1.29, 1.82) is 0 Å². The van der Waals surface area contributed by atoms with Gasteiger partial charge >= 0.3 is 24.3 Å². The monoisotopic (exact) mass is 944 g/mol. The summed E-state index contributed by atoms with van der Waals surface area (Å²) in [5.41, 5.74) is 2.64. The van der Waals surface area contributed by atoms with Gasteiger partial charge in [0.1, 0.15) is 49.1 Å². The minimum atomic E-state index is -6.00. The van der Waals surface area contributed by atoms with Gasteiger partial charge in [-0.25, -0.2) is 0 Å². The second-order valence-corrected chi connectivity index (χ2v) is 25.9. The molecule has 2 aliphatic rings. The molecule has 0 aliphatic carbocycles. The second-order valence-electron chi connectivity index (χ2n) is 15.3. The van der Waals surface area contributed by atoms with Crippen LogP contribution in [0.15, 0.2) is 121 Å². The Morgan fingerprint density at radius 2 is 0.732 bits per heavy atom. The van der Waals surface area contributed by atoms with Crippen LogP contribution >= 0.6 is 33.2 Å². The predicted octanol–water partition coefficient (Wildman–Crippen LogP) is 11.9. The summed E-state index contributed by atoms with van der Waals surface area (Å²) in [6.45, 7) is 21.5. The van der Waals surface area contributed by atoms with E-state index in [9.17, 15) is 17.3 Å². The van der Waals surface area contributed by atoms with Crippen molar-refractivity contribution in [2.75, 3.05) is 26.4 Å². The van der Waals surface area contributed by atoms with Crippen molar-refractivity contribution < 1.29 is 54.8 Å². The second kappa shape index (κ2) is 23.0. The average Bonchev–Trinajstić information content (AvgIpc) is 3.88. The largest absolute Gasteiger partial charge is 0.673 e. The summed E-state index contributed by atoms with van der Waals surface area (Å²) in [6.07, 6.45) is 0. The van der Waals surface area contributed by atoms with Crippen LogP contribution in [0.3, 0.4) is 0 Å². The van der Waals surface area contributed by atoms with Crippen LogP contribution < -0.4 is 10.6 Å². The Labute approximate surface area is 349 Å². The van der Waals surface area contributed by atoms with Crippen molar-refractivity contribution >= 4 is 51.1 Å². The number of benzene rings is 4. The van der Waals surface area contributed by atoms with Crippen molar-refractivity contribution in [2.45, 2.75) is 77.8 Å². The molecule has 2 saturated heterocycles. The molecule has 4 atom stereocenters. The molecule has 16 heteroatoms. The first-order valence-electron chi connectivity index (χ1n) is 18.6. The first kappa shape index (κ1) is 49.1. The van der Waals surface area contributed by atoms with Gasteiger partial charge in [0, 0.05) is 19.5 Å². The maximum atomic E-state index is 9.75. The van der Waals surface area contributed by atoms with E-state index in [2.05, 4.69) is 186 Å². The summed E-state index contributed by atoms with van der Waals surface area (Å²) >= 11 is 0. The fourth-order valence-electron chi connectivity index (χ4n) is 6.58. The van der Waals surface area contributed by atoms with Crippen LogP contribution in [-0.2, 0) is 37.6 Å². The van der Waals surface area contributed by atoms with Gasteiger partial charge in [-0.2, -0.15) is 18.1 Å². The Morgan fingerprint density at radius 1 is 0.500 bits per heavy atom. The molecule has 309 valence electrons. The summed E-state index contributed by atoms with van der Waals surface area (Å²) < 4.78 is 68.5. The maximum absolute atomic E-state index is 9.75. The standard InChI is InChI=1S/2C20H27NO2P2.BF4.Rh/c2*1-17(18-11-7-5-8-12-18)21(25-22-15-16-23-25)24(20(2,3)4)19-13-9-6-10-14-19;2-1(3,4)5;/h2*5-14,17H,15-16H2,1-4H3;;/q;;-1;/p+4/t2*17-,24?;;/m00../s1. The maximum Gasteiger partial charge on any atom is 0.673 e. The molecule has 0 aromatic heterocycles. The summed E-state index contributed by atoms with van der Waals surface area (Å²) in [6, 6.07) is 43.8. The van der Waals surface area contributed by atoms with Crippen LogP contribution in [0.5, 0.6) is 0 Å². The molecule has 56 heavy (non-hydrogen) atoms. The van der Waals surface area contributed by atoms with E-state index >= 15 is 0 Å². The third-order valence-electron chi connectivity index (χ3n) is 8.80. The van der Waals surface area contributed by atoms with Crippen LogP contribution in [0.1, 0.15) is 78.6 Å². The minimum Gasteiger partial charge on any atom is -0.418 e. The van der Waals surface area contributed by atoms with Gasteiger partial charge < -0.3 is 17.3 Å². The van der Waals surface area contributed by atoms with Crippen molar-refractivity contribution in [3.05, 3.63) is 132 Å². The van der Waals surface area contributed by atoms with Crippen LogP contribution in [-0.4, -0.2) is 52.9 Å². The molecule has 0 bridgehead atoms. The minimum absolute atomic E-state index is 0. The van der Waals surface area contributed by atoms with Crippen LogP contribution in [0.4, 0.5) is 17.3 Å². The molecule has 6 nitrogen and oxygen atoms in total.